The van der Waals surface area contributed by atoms with Gasteiger partial charge in [-0.05, 0) is 29.8 Å². The van der Waals surface area contributed by atoms with Gasteiger partial charge in [0.05, 0.1) is 0 Å². The summed E-state index contributed by atoms with van der Waals surface area (Å²) in [6.07, 6.45) is 0. The van der Waals surface area contributed by atoms with Gasteiger partial charge in [-0.1, -0.05) is 30.3 Å². The highest BCUT2D eigenvalue weighted by atomic mass is 16.5. The predicted octanol–water partition coefficient (Wildman–Crippen LogP) is 2.60. The lowest BCUT2D eigenvalue weighted by Gasteiger charge is -2.12. The number of para-hydroxylation sites is 1. The smallest absolute Gasteiger partial charge is 0.343 e. The molecule has 5 nitrogen and oxygen atoms in total. The summed E-state index contributed by atoms with van der Waals surface area (Å²) in [5.74, 6) is 1.70. The Labute approximate surface area is 116 Å². The zero-order valence-electron chi connectivity index (χ0n) is 10.6. The molecular formula is C15H13N3O2. The summed E-state index contributed by atoms with van der Waals surface area (Å²) in [5.41, 5.74) is 6.57. The third-order valence-corrected chi connectivity index (χ3v) is 2.96. The standard InChI is InChI=1S/C15H13N3O2/c16-14-13(17-15(19)18-14)10-5-4-8-12(9-10)20-11-6-2-1-3-7-11/h1-9,13H,(H3,16,17,18,19). The van der Waals surface area contributed by atoms with Gasteiger partial charge in [-0.15, -0.1) is 0 Å². The third-order valence-electron chi connectivity index (χ3n) is 2.96. The Hall–Kier alpha value is -2.82. The van der Waals surface area contributed by atoms with Gasteiger partial charge < -0.3 is 15.8 Å². The number of carbonyl (C=O) groups excluding carboxylic acids is 1. The molecule has 5 heteroatoms. The summed E-state index contributed by atoms with van der Waals surface area (Å²) in [7, 11) is 0. The van der Waals surface area contributed by atoms with Crippen molar-refractivity contribution >= 4 is 11.9 Å². The number of hydrogen-bond acceptors (Lipinski definition) is 3. The van der Waals surface area contributed by atoms with Crippen LogP contribution in [0.5, 0.6) is 11.5 Å². The van der Waals surface area contributed by atoms with E-state index < -0.39 is 6.03 Å². The number of rotatable bonds is 3. The number of hydrogen-bond donors (Lipinski definition) is 2. The minimum atomic E-state index is -0.415. The molecule has 1 heterocycles. The zero-order valence-corrected chi connectivity index (χ0v) is 10.6. The average Bonchev–Trinajstić information content (AvgIpc) is 2.79. The molecule has 1 aliphatic heterocycles. The van der Waals surface area contributed by atoms with E-state index in [9.17, 15) is 4.79 Å². The van der Waals surface area contributed by atoms with Gasteiger partial charge in [0.2, 0.25) is 0 Å². The Morgan fingerprint density at radius 1 is 1.05 bits per heavy atom. The maximum atomic E-state index is 11.2. The number of amides is 2. The predicted molar refractivity (Wildman–Crippen MR) is 75.9 cm³/mol. The lowest BCUT2D eigenvalue weighted by Crippen LogP contribution is -2.27. The highest BCUT2D eigenvalue weighted by molar-refractivity contribution is 6.03. The molecule has 2 aromatic rings. The highest BCUT2D eigenvalue weighted by Gasteiger charge is 2.25. The number of nitrogens with one attached hydrogen (secondary N) is 1. The van der Waals surface area contributed by atoms with Crippen LogP contribution in [0.3, 0.4) is 0 Å². The fourth-order valence-electron chi connectivity index (χ4n) is 2.05. The van der Waals surface area contributed by atoms with E-state index in [4.69, 9.17) is 10.5 Å². The normalized spacial score (nSPS) is 17.5. The second-order valence-electron chi connectivity index (χ2n) is 4.41. The van der Waals surface area contributed by atoms with Crippen LogP contribution in [0.1, 0.15) is 11.6 Å². The van der Waals surface area contributed by atoms with E-state index in [0.717, 1.165) is 11.3 Å². The Bertz CT molecular complexity index is 668. The van der Waals surface area contributed by atoms with Crippen LogP contribution < -0.4 is 15.8 Å². The number of carbonyl (C=O) groups is 1. The summed E-state index contributed by atoms with van der Waals surface area (Å²) in [6, 6.07) is 16.1. The van der Waals surface area contributed by atoms with E-state index in [1.54, 1.807) is 0 Å². The molecule has 0 saturated heterocycles. The van der Waals surface area contributed by atoms with Crippen LogP contribution in [0.25, 0.3) is 0 Å². The summed E-state index contributed by atoms with van der Waals surface area (Å²) >= 11 is 0. The summed E-state index contributed by atoms with van der Waals surface area (Å²) < 4.78 is 5.75. The number of benzene rings is 2. The minimum absolute atomic E-state index is 0.270. The van der Waals surface area contributed by atoms with Crippen LogP contribution in [0, 0.1) is 0 Å². The first-order valence-electron chi connectivity index (χ1n) is 6.20. The largest absolute Gasteiger partial charge is 0.457 e. The van der Waals surface area contributed by atoms with E-state index >= 15 is 0 Å². The monoisotopic (exact) mass is 267 g/mol. The van der Waals surface area contributed by atoms with Gasteiger partial charge in [-0.3, -0.25) is 0 Å². The topological polar surface area (TPSA) is 76.7 Å². The molecule has 20 heavy (non-hydrogen) atoms. The molecule has 0 radical (unpaired) electrons. The van der Waals surface area contributed by atoms with E-state index in [0.29, 0.717) is 5.75 Å². The Morgan fingerprint density at radius 3 is 2.50 bits per heavy atom. The lowest BCUT2D eigenvalue weighted by atomic mass is 10.1. The second-order valence-corrected chi connectivity index (χ2v) is 4.41. The Kier molecular flexibility index (Phi) is 3.09. The number of nitrogens with two attached hydrogens (primary N) is 1. The van der Waals surface area contributed by atoms with Crippen molar-refractivity contribution in [1.29, 1.82) is 0 Å². The number of aliphatic imine (C=N–C) groups is 1. The van der Waals surface area contributed by atoms with Gasteiger partial charge in [0.15, 0.2) is 0 Å². The van der Waals surface area contributed by atoms with Crippen molar-refractivity contribution in [3.05, 3.63) is 60.2 Å². The van der Waals surface area contributed by atoms with Crippen LogP contribution in [0.15, 0.2) is 59.6 Å². The van der Waals surface area contributed by atoms with Gasteiger partial charge >= 0.3 is 6.03 Å². The first-order chi connectivity index (χ1) is 9.72. The van der Waals surface area contributed by atoms with Crippen LogP contribution in [-0.4, -0.2) is 11.9 Å². The van der Waals surface area contributed by atoms with E-state index in [2.05, 4.69) is 10.3 Å². The van der Waals surface area contributed by atoms with Crippen molar-refractivity contribution in [2.24, 2.45) is 10.7 Å². The quantitative estimate of drug-likeness (QED) is 0.897. The van der Waals surface area contributed by atoms with Crippen molar-refractivity contribution in [1.82, 2.24) is 5.32 Å². The molecule has 0 aromatic heterocycles. The van der Waals surface area contributed by atoms with E-state index in [-0.39, 0.29) is 11.9 Å². The summed E-state index contributed by atoms with van der Waals surface area (Å²) in [4.78, 5) is 14.9. The first kappa shape index (κ1) is 12.2. The van der Waals surface area contributed by atoms with E-state index in [1.807, 2.05) is 54.6 Å². The van der Waals surface area contributed by atoms with Crippen LogP contribution in [-0.2, 0) is 0 Å². The second kappa shape index (κ2) is 5.05. The van der Waals surface area contributed by atoms with Gasteiger partial charge in [-0.2, -0.15) is 4.99 Å². The maximum Gasteiger partial charge on any atom is 0.343 e. The highest BCUT2D eigenvalue weighted by Crippen LogP contribution is 2.25. The van der Waals surface area contributed by atoms with Gasteiger partial charge in [0.1, 0.15) is 23.4 Å². The van der Waals surface area contributed by atoms with Gasteiger partial charge in [0, 0.05) is 0 Å². The van der Waals surface area contributed by atoms with Crippen LogP contribution >= 0.6 is 0 Å². The Balaban J connectivity index is 1.83. The number of amidine groups is 1. The van der Waals surface area contributed by atoms with Crippen molar-refractivity contribution in [3.8, 4) is 11.5 Å². The summed E-state index contributed by atoms with van der Waals surface area (Å²) in [6.45, 7) is 0. The third kappa shape index (κ3) is 2.47. The molecule has 100 valence electrons. The molecular weight excluding hydrogens is 254 g/mol. The molecule has 1 atom stereocenters. The summed E-state index contributed by atoms with van der Waals surface area (Å²) in [5, 5.41) is 2.69. The SMILES string of the molecule is NC1=NC(=O)NC1c1cccc(Oc2ccccc2)c1. The number of ether oxygens (including phenoxy) is 1. The van der Waals surface area contributed by atoms with Gasteiger partial charge in [-0.25, -0.2) is 4.79 Å². The minimum Gasteiger partial charge on any atom is -0.457 e. The number of nitrogens with zero attached hydrogens (tertiary/aromatic N) is 1. The molecule has 3 rings (SSSR count). The Morgan fingerprint density at radius 2 is 1.80 bits per heavy atom. The maximum absolute atomic E-state index is 11.2. The van der Waals surface area contributed by atoms with Gasteiger partial charge in [0.25, 0.3) is 0 Å². The van der Waals surface area contributed by atoms with Crippen LogP contribution in [0.2, 0.25) is 0 Å². The molecule has 0 aliphatic carbocycles. The molecule has 0 saturated carbocycles. The molecule has 1 aliphatic rings. The lowest BCUT2D eigenvalue weighted by molar-refractivity contribution is 0.250. The van der Waals surface area contributed by atoms with Crippen molar-refractivity contribution < 1.29 is 9.53 Å². The van der Waals surface area contributed by atoms with Crippen molar-refractivity contribution in [2.75, 3.05) is 0 Å². The van der Waals surface area contributed by atoms with Crippen LogP contribution in [0.4, 0.5) is 4.79 Å². The molecule has 2 aromatic carbocycles. The van der Waals surface area contributed by atoms with Crippen molar-refractivity contribution in [2.45, 2.75) is 6.04 Å². The fourth-order valence-corrected chi connectivity index (χ4v) is 2.05. The van der Waals surface area contributed by atoms with E-state index in [1.165, 1.54) is 0 Å². The molecule has 2 amide bonds. The molecule has 1 unspecified atom stereocenters. The average molecular weight is 267 g/mol. The molecule has 0 bridgehead atoms. The molecule has 0 spiro atoms. The van der Waals surface area contributed by atoms with Crippen molar-refractivity contribution in [3.63, 3.8) is 0 Å². The molecule has 3 N–H and O–H groups in total. The fraction of sp³-hybridized carbons (Fsp3) is 0.0667. The first-order valence-corrected chi connectivity index (χ1v) is 6.20. The zero-order chi connectivity index (χ0) is 13.9. The number of urea groups is 1. The molecule has 0 fully saturated rings.